The van der Waals surface area contributed by atoms with Crippen molar-refractivity contribution in [3.63, 3.8) is 0 Å². The standard InChI is InChI=1S/C21H18N2O/c1-15-9-5-8-14-19(15)23-20(22-16-10-3-2-4-11-16)17-12-6-7-13-18(17)21(23)24/h2-14,20,22H,1H3/t20-/m0/s1. The number of aryl methyl sites for hydroxylation is 1. The molecule has 1 atom stereocenters. The first-order chi connectivity index (χ1) is 11.8. The van der Waals surface area contributed by atoms with Gasteiger partial charge in [0.15, 0.2) is 0 Å². The number of fused-ring (bicyclic) bond motifs is 1. The van der Waals surface area contributed by atoms with Crippen LogP contribution in [0.2, 0.25) is 0 Å². The number of amides is 1. The van der Waals surface area contributed by atoms with Crippen molar-refractivity contribution in [1.29, 1.82) is 0 Å². The summed E-state index contributed by atoms with van der Waals surface area (Å²) in [6.07, 6.45) is -0.211. The second-order valence-corrected chi connectivity index (χ2v) is 5.96. The molecule has 1 aliphatic heterocycles. The molecule has 0 spiro atoms. The van der Waals surface area contributed by atoms with E-state index in [0.717, 1.165) is 28.1 Å². The molecule has 0 saturated heterocycles. The van der Waals surface area contributed by atoms with Crippen molar-refractivity contribution in [3.8, 4) is 0 Å². The SMILES string of the molecule is Cc1ccccc1N1C(=O)c2ccccc2[C@H]1Nc1ccccc1. The molecule has 24 heavy (non-hydrogen) atoms. The largest absolute Gasteiger partial charge is 0.361 e. The number of hydrogen-bond acceptors (Lipinski definition) is 2. The molecule has 118 valence electrons. The highest BCUT2D eigenvalue weighted by Crippen LogP contribution is 2.39. The number of benzene rings is 3. The molecule has 1 N–H and O–H groups in total. The molecule has 4 rings (SSSR count). The van der Waals surface area contributed by atoms with E-state index in [1.165, 1.54) is 0 Å². The van der Waals surface area contributed by atoms with Crippen molar-refractivity contribution >= 4 is 17.3 Å². The van der Waals surface area contributed by atoms with Gasteiger partial charge in [-0.2, -0.15) is 0 Å². The molecule has 3 nitrogen and oxygen atoms in total. The average Bonchev–Trinajstić information content (AvgIpc) is 2.89. The summed E-state index contributed by atoms with van der Waals surface area (Å²) in [5, 5.41) is 3.51. The van der Waals surface area contributed by atoms with Crippen LogP contribution in [0.5, 0.6) is 0 Å². The quantitative estimate of drug-likeness (QED) is 0.755. The number of carbonyl (C=O) groups excluding carboxylic acids is 1. The predicted octanol–water partition coefficient (Wildman–Crippen LogP) is 4.77. The molecule has 0 aromatic heterocycles. The zero-order valence-electron chi connectivity index (χ0n) is 13.4. The van der Waals surface area contributed by atoms with Crippen molar-refractivity contribution in [2.45, 2.75) is 13.1 Å². The molecule has 0 unspecified atom stereocenters. The fourth-order valence-electron chi connectivity index (χ4n) is 3.23. The number of carbonyl (C=O) groups is 1. The van der Waals surface area contributed by atoms with Gasteiger partial charge < -0.3 is 5.32 Å². The molecule has 3 aromatic carbocycles. The monoisotopic (exact) mass is 314 g/mol. The lowest BCUT2D eigenvalue weighted by molar-refractivity contribution is 0.0993. The van der Waals surface area contributed by atoms with E-state index in [0.29, 0.717) is 0 Å². The Hall–Kier alpha value is -3.07. The molecule has 0 saturated carbocycles. The second-order valence-electron chi connectivity index (χ2n) is 5.96. The summed E-state index contributed by atoms with van der Waals surface area (Å²) in [5.41, 5.74) is 4.78. The van der Waals surface area contributed by atoms with E-state index in [1.807, 2.05) is 90.7 Å². The molecule has 0 bridgehead atoms. The lowest BCUT2D eigenvalue weighted by Gasteiger charge is -2.28. The Morgan fingerprint density at radius 3 is 2.29 bits per heavy atom. The van der Waals surface area contributed by atoms with Crippen molar-refractivity contribution in [1.82, 2.24) is 0 Å². The molecule has 3 heteroatoms. The van der Waals surface area contributed by atoms with Gasteiger partial charge in [-0.3, -0.25) is 9.69 Å². The van der Waals surface area contributed by atoms with Crippen LogP contribution in [0, 0.1) is 6.92 Å². The van der Waals surface area contributed by atoms with E-state index < -0.39 is 0 Å². The first-order valence-electron chi connectivity index (χ1n) is 8.05. The predicted molar refractivity (Wildman–Crippen MR) is 97.2 cm³/mol. The van der Waals surface area contributed by atoms with Gasteiger partial charge >= 0.3 is 0 Å². The summed E-state index contributed by atoms with van der Waals surface area (Å²) in [6.45, 7) is 2.03. The zero-order valence-corrected chi connectivity index (χ0v) is 13.4. The van der Waals surface area contributed by atoms with Crippen LogP contribution in [-0.4, -0.2) is 5.91 Å². The molecule has 1 heterocycles. The molecule has 3 aromatic rings. The van der Waals surface area contributed by atoms with E-state index in [2.05, 4.69) is 5.32 Å². The molecule has 0 aliphatic carbocycles. The van der Waals surface area contributed by atoms with Gasteiger partial charge in [0.05, 0.1) is 0 Å². The third kappa shape index (κ3) is 2.35. The van der Waals surface area contributed by atoms with Crippen LogP contribution in [0.1, 0.15) is 27.7 Å². The zero-order chi connectivity index (χ0) is 16.5. The molecular weight excluding hydrogens is 296 g/mol. The number of hydrogen-bond donors (Lipinski definition) is 1. The normalized spacial score (nSPS) is 16.1. The third-order valence-electron chi connectivity index (χ3n) is 4.41. The Morgan fingerprint density at radius 1 is 0.833 bits per heavy atom. The van der Waals surface area contributed by atoms with Gasteiger partial charge in [0, 0.05) is 22.5 Å². The van der Waals surface area contributed by atoms with Gasteiger partial charge in [-0.1, -0.05) is 54.6 Å². The van der Waals surface area contributed by atoms with Crippen molar-refractivity contribution in [3.05, 3.63) is 95.6 Å². The number of rotatable bonds is 3. The summed E-state index contributed by atoms with van der Waals surface area (Å²) < 4.78 is 0. The second kappa shape index (κ2) is 5.85. The lowest BCUT2D eigenvalue weighted by atomic mass is 10.1. The minimum atomic E-state index is -0.211. The Balaban J connectivity index is 1.82. The van der Waals surface area contributed by atoms with Gasteiger partial charge in [0.25, 0.3) is 5.91 Å². The Labute approximate surface area is 141 Å². The topological polar surface area (TPSA) is 32.3 Å². The minimum absolute atomic E-state index is 0.0355. The Bertz CT molecular complexity index is 889. The maximum Gasteiger partial charge on any atom is 0.260 e. The van der Waals surface area contributed by atoms with Gasteiger partial charge in [0.2, 0.25) is 0 Å². The van der Waals surface area contributed by atoms with Crippen LogP contribution < -0.4 is 10.2 Å². The van der Waals surface area contributed by atoms with Crippen LogP contribution in [-0.2, 0) is 0 Å². The lowest BCUT2D eigenvalue weighted by Crippen LogP contribution is -2.32. The number of para-hydroxylation sites is 2. The van der Waals surface area contributed by atoms with E-state index in [4.69, 9.17) is 0 Å². The molecular formula is C21H18N2O. The number of nitrogens with one attached hydrogen (secondary N) is 1. The highest BCUT2D eigenvalue weighted by Gasteiger charge is 2.37. The van der Waals surface area contributed by atoms with E-state index >= 15 is 0 Å². The Kier molecular flexibility index (Phi) is 3.54. The fourth-order valence-corrected chi connectivity index (χ4v) is 3.23. The minimum Gasteiger partial charge on any atom is -0.361 e. The van der Waals surface area contributed by atoms with Crippen LogP contribution in [0.4, 0.5) is 11.4 Å². The summed E-state index contributed by atoms with van der Waals surface area (Å²) in [7, 11) is 0. The first-order valence-corrected chi connectivity index (χ1v) is 8.05. The molecule has 1 amide bonds. The van der Waals surface area contributed by atoms with Crippen molar-refractivity contribution in [2.75, 3.05) is 10.2 Å². The summed E-state index contributed by atoms with van der Waals surface area (Å²) in [6, 6.07) is 25.8. The van der Waals surface area contributed by atoms with E-state index in [1.54, 1.807) is 0 Å². The summed E-state index contributed by atoms with van der Waals surface area (Å²) >= 11 is 0. The van der Waals surface area contributed by atoms with E-state index in [-0.39, 0.29) is 12.1 Å². The van der Waals surface area contributed by atoms with Crippen molar-refractivity contribution in [2.24, 2.45) is 0 Å². The summed E-state index contributed by atoms with van der Waals surface area (Å²) in [4.78, 5) is 14.9. The Morgan fingerprint density at radius 2 is 1.50 bits per heavy atom. The highest BCUT2D eigenvalue weighted by molar-refractivity contribution is 6.11. The average molecular weight is 314 g/mol. The first kappa shape index (κ1) is 14.5. The van der Waals surface area contributed by atoms with Crippen LogP contribution >= 0.6 is 0 Å². The fraction of sp³-hybridized carbons (Fsp3) is 0.0952. The van der Waals surface area contributed by atoms with E-state index in [9.17, 15) is 4.79 Å². The smallest absolute Gasteiger partial charge is 0.260 e. The van der Waals surface area contributed by atoms with Crippen molar-refractivity contribution < 1.29 is 4.79 Å². The highest BCUT2D eigenvalue weighted by atomic mass is 16.2. The van der Waals surface area contributed by atoms with Crippen LogP contribution in [0.25, 0.3) is 0 Å². The van der Waals surface area contributed by atoms with Gasteiger partial charge in [0.1, 0.15) is 6.17 Å². The third-order valence-corrected chi connectivity index (χ3v) is 4.41. The van der Waals surface area contributed by atoms with Gasteiger partial charge in [-0.25, -0.2) is 0 Å². The molecule has 0 fully saturated rings. The maximum absolute atomic E-state index is 13.0. The maximum atomic E-state index is 13.0. The van der Waals surface area contributed by atoms with Gasteiger partial charge in [-0.15, -0.1) is 0 Å². The number of anilines is 2. The summed E-state index contributed by atoms with van der Waals surface area (Å²) in [5.74, 6) is 0.0355. The molecule has 1 aliphatic rings. The van der Waals surface area contributed by atoms with Crippen LogP contribution in [0.3, 0.4) is 0 Å². The number of nitrogens with zero attached hydrogens (tertiary/aromatic N) is 1. The molecule has 0 radical (unpaired) electrons. The van der Waals surface area contributed by atoms with Gasteiger partial charge in [-0.05, 0) is 36.8 Å². The van der Waals surface area contributed by atoms with Crippen LogP contribution in [0.15, 0.2) is 78.9 Å².